The summed E-state index contributed by atoms with van der Waals surface area (Å²) in [7, 11) is 2.83. The number of fused-ring (bicyclic) bond motifs is 5. The summed E-state index contributed by atoms with van der Waals surface area (Å²) in [6.07, 6.45) is 3.67. The molecule has 0 saturated carbocycles. The maximum Gasteiger partial charge on any atom is 2.00 e. The monoisotopic (exact) mass is 507 g/mol. The van der Waals surface area contributed by atoms with Crippen molar-refractivity contribution < 1.29 is 21.1 Å². The molecule has 0 aliphatic rings. The van der Waals surface area contributed by atoms with E-state index in [1.165, 1.54) is 19.5 Å². The van der Waals surface area contributed by atoms with Crippen molar-refractivity contribution >= 4 is 32.6 Å². The van der Waals surface area contributed by atoms with E-state index in [2.05, 4.69) is 56.1 Å². The van der Waals surface area contributed by atoms with Gasteiger partial charge in [0, 0.05) is 28.6 Å². The Balaban J connectivity index is 0.000000398. The number of benzene rings is 2. The molecule has 0 atom stereocenters. The number of hydrogen-bond donors (Lipinski definition) is 0. The average molecular weight is 507 g/mol. The smallest absolute Gasteiger partial charge is 0.320 e. The molecule has 0 fully saturated rings. The second-order valence-electron chi connectivity index (χ2n) is 4.83. The normalized spacial score (nSPS) is 8.80. The molecule has 0 spiro atoms. The molecule has 25 heavy (non-hydrogen) atoms. The van der Waals surface area contributed by atoms with Crippen molar-refractivity contribution in [2.24, 2.45) is 0 Å². The SMILES string of the molecule is [C-]#[N+]C.[C-]#[N+]C.[Pt+2].c1cnc2c(c1)ccc1ccc3cccnc3c12. The van der Waals surface area contributed by atoms with E-state index in [1.54, 1.807) is 0 Å². The van der Waals surface area contributed by atoms with Crippen LogP contribution in [-0.2, 0) is 21.1 Å². The van der Waals surface area contributed by atoms with Crippen LogP contribution in [-0.4, -0.2) is 24.1 Å². The zero-order chi connectivity index (χ0) is 17.4. The molecule has 0 N–H and O–H groups in total. The van der Waals surface area contributed by atoms with Crippen molar-refractivity contribution in [2.45, 2.75) is 0 Å². The standard InChI is InChI=1S/C16H10N2.2C2H3N.Pt/c1-3-12-7-5-11-6-8-13-4-2-10-18-16(13)14(11)15(12)17-9-1;2*1-3-2;/h1-10H;2*1H3;/q;;;+2. The maximum absolute atomic E-state index is 5.83. The van der Waals surface area contributed by atoms with E-state index < -0.39 is 0 Å². The Bertz CT molecular complexity index is 979. The van der Waals surface area contributed by atoms with Gasteiger partial charge in [-0.15, -0.1) is 0 Å². The summed E-state index contributed by atoms with van der Waals surface area (Å²) in [4.78, 5) is 14.5. The van der Waals surface area contributed by atoms with Crippen LogP contribution in [0.4, 0.5) is 0 Å². The summed E-state index contributed by atoms with van der Waals surface area (Å²) >= 11 is 0. The third-order valence-corrected chi connectivity index (χ3v) is 3.33. The predicted molar refractivity (Wildman–Crippen MR) is 99.6 cm³/mol. The molecule has 2 heterocycles. The first kappa shape index (κ1) is 20.2. The van der Waals surface area contributed by atoms with E-state index in [-0.39, 0.29) is 21.1 Å². The summed E-state index contributed by atoms with van der Waals surface area (Å²) in [5, 5.41) is 4.64. The van der Waals surface area contributed by atoms with Crippen molar-refractivity contribution in [3.63, 3.8) is 0 Å². The van der Waals surface area contributed by atoms with Crippen LogP contribution in [0.1, 0.15) is 0 Å². The molecule has 0 bridgehead atoms. The third-order valence-electron chi connectivity index (χ3n) is 3.33. The van der Waals surface area contributed by atoms with Crippen LogP contribution in [0.15, 0.2) is 60.9 Å². The minimum absolute atomic E-state index is 0. The van der Waals surface area contributed by atoms with E-state index in [9.17, 15) is 0 Å². The molecule has 0 radical (unpaired) electrons. The Hall–Kier alpha value is -2.81. The van der Waals surface area contributed by atoms with Gasteiger partial charge in [0.2, 0.25) is 14.1 Å². The van der Waals surface area contributed by atoms with Gasteiger partial charge in [0.15, 0.2) is 0 Å². The number of pyridine rings is 2. The minimum atomic E-state index is 0. The van der Waals surface area contributed by atoms with E-state index >= 15 is 0 Å². The largest absolute Gasteiger partial charge is 2.00 e. The number of hydrogen-bond acceptors (Lipinski definition) is 2. The Morgan fingerprint density at radius 1 is 0.680 bits per heavy atom. The number of nitrogens with zero attached hydrogens (tertiary/aromatic N) is 4. The van der Waals surface area contributed by atoms with E-state index in [0.29, 0.717) is 0 Å². The van der Waals surface area contributed by atoms with Crippen LogP contribution in [0.5, 0.6) is 0 Å². The zero-order valence-electron chi connectivity index (χ0n) is 13.9. The quantitative estimate of drug-likeness (QED) is 0.248. The zero-order valence-corrected chi connectivity index (χ0v) is 16.2. The van der Waals surface area contributed by atoms with E-state index in [1.807, 2.05) is 24.5 Å². The van der Waals surface area contributed by atoms with Crippen LogP contribution in [0.3, 0.4) is 0 Å². The predicted octanol–water partition coefficient (Wildman–Crippen LogP) is 5.00. The molecular weight excluding hydrogens is 491 g/mol. The summed E-state index contributed by atoms with van der Waals surface area (Å²) in [6.45, 7) is 11.7. The first-order valence-electron chi connectivity index (χ1n) is 7.29. The second kappa shape index (κ2) is 10.1. The van der Waals surface area contributed by atoms with Crippen molar-refractivity contribution in [3.05, 3.63) is 83.8 Å². The fourth-order valence-corrected chi connectivity index (χ4v) is 2.49. The number of rotatable bonds is 0. The first-order valence-corrected chi connectivity index (χ1v) is 7.29. The Morgan fingerprint density at radius 3 is 1.44 bits per heavy atom. The Kier molecular flexibility index (Phi) is 8.20. The molecule has 0 amide bonds. The van der Waals surface area contributed by atoms with Crippen molar-refractivity contribution in [3.8, 4) is 0 Å². The van der Waals surface area contributed by atoms with Gasteiger partial charge in [-0.25, -0.2) is 13.1 Å². The van der Waals surface area contributed by atoms with Crippen molar-refractivity contribution in [1.82, 2.24) is 9.97 Å². The average Bonchev–Trinajstić information content (AvgIpc) is 2.62. The minimum Gasteiger partial charge on any atom is -0.320 e. The van der Waals surface area contributed by atoms with Gasteiger partial charge >= 0.3 is 21.1 Å². The van der Waals surface area contributed by atoms with Gasteiger partial charge in [-0.05, 0) is 17.5 Å². The molecule has 0 aliphatic carbocycles. The summed E-state index contributed by atoms with van der Waals surface area (Å²) in [5.41, 5.74) is 2.05. The first-order chi connectivity index (χ1) is 11.8. The molecule has 2 aromatic carbocycles. The Labute approximate surface area is 161 Å². The van der Waals surface area contributed by atoms with Gasteiger partial charge in [-0.3, -0.25) is 9.97 Å². The van der Waals surface area contributed by atoms with E-state index in [0.717, 1.165) is 27.2 Å². The van der Waals surface area contributed by atoms with Crippen molar-refractivity contribution in [2.75, 3.05) is 14.1 Å². The fourth-order valence-electron chi connectivity index (χ4n) is 2.49. The molecule has 4 rings (SSSR count). The van der Waals surface area contributed by atoms with Gasteiger partial charge in [0.05, 0.1) is 11.0 Å². The molecular formula is C20H16N4Pt+2. The van der Waals surface area contributed by atoms with Crippen molar-refractivity contribution in [1.29, 1.82) is 0 Å². The van der Waals surface area contributed by atoms with E-state index in [4.69, 9.17) is 13.1 Å². The van der Waals surface area contributed by atoms with Gasteiger partial charge in [-0.2, -0.15) is 0 Å². The van der Waals surface area contributed by atoms with Crippen LogP contribution in [0.2, 0.25) is 0 Å². The summed E-state index contributed by atoms with van der Waals surface area (Å²) in [5.74, 6) is 0. The van der Waals surface area contributed by atoms with Crippen LogP contribution >= 0.6 is 0 Å². The molecule has 0 aliphatic heterocycles. The Morgan fingerprint density at radius 2 is 1.04 bits per heavy atom. The van der Waals surface area contributed by atoms with Crippen LogP contribution in [0.25, 0.3) is 42.3 Å². The molecule has 0 saturated heterocycles. The van der Waals surface area contributed by atoms with Crippen LogP contribution < -0.4 is 0 Å². The molecule has 4 aromatic rings. The molecule has 0 unspecified atom stereocenters. The number of aromatic nitrogens is 2. The molecule has 124 valence electrons. The fraction of sp³-hybridized carbons (Fsp3) is 0.100. The summed E-state index contributed by atoms with van der Waals surface area (Å²) in [6, 6.07) is 16.6. The van der Waals surface area contributed by atoms with Gasteiger partial charge in [-0.1, -0.05) is 36.4 Å². The van der Waals surface area contributed by atoms with Crippen LogP contribution in [0, 0.1) is 13.1 Å². The maximum atomic E-state index is 5.83. The molecule has 2 aromatic heterocycles. The molecule has 5 heteroatoms. The third kappa shape index (κ3) is 4.60. The second-order valence-corrected chi connectivity index (χ2v) is 4.83. The summed E-state index contributed by atoms with van der Waals surface area (Å²) < 4.78 is 0. The topological polar surface area (TPSA) is 34.5 Å². The molecule has 4 nitrogen and oxygen atoms in total. The van der Waals surface area contributed by atoms with Gasteiger partial charge in [0.25, 0.3) is 0 Å². The van der Waals surface area contributed by atoms with Gasteiger partial charge in [0.1, 0.15) is 0 Å². The van der Waals surface area contributed by atoms with Gasteiger partial charge < -0.3 is 9.69 Å².